The fourth-order valence-electron chi connectivity index (χ4n) is 10.2. The van der Waals surface area contributed by atoms with Crippen LogP contribution < -0.4 is 10.6 Å². The van der Waals surface area contributed by atoms with Gasteiger partial charge in [0.25, 0.3) is 0 Å². The van der Waals surface area contributed by atoms with Gasteiger partial charge in [-0.25, -0.2) is 0 Å². The molecule has 4 aliphatic rings. The number of ether oxygens (including phenoxy) is 1. The Kier molecular flexibility index (Phi) is 6.92. The third kappa shape index (κ3) is 4.12. The van der Waals surface area contributed by atoms with Crippen molar-refractivity contribution in [1.29, 1.82) is 0 Å². The highest BCUT2D eigenvalue weighted by molar-refractivity contribution is 7.80. The van der Waals surface area contributed by atoms with Gasteiger partial charge in [0.2, 0.25) is 0 Å². The lowest BCUT2D eigenvalue weighted by atomic mass is 9.39. The number of anilines is 1. The number of thiocarbonyl (C=S) groups is 1. The molecule has 4 aliphatic carbocycles. The van der Waals surface area contributed by atoms with Crippen LogP contribution in [0.5, 0.6) is 0 Å². The summed E-state index contributed by atoms with van der Waals surface area (Å²) in [5, 5.41) is 18.7. The number of aryl methyl sites for hydroxylation is 1. The van der Waals surface area contributed by atoms with E-state index < -0.39 is 5.41 Å². The van der Waals surface area contributed by atoms with Crippen LogP contribution in [0.1, 0.15) is 84.6 Å². The largest absolute Gasteiger partial charge is 0.466 e. The Balaban J connectivity index is 1.43. The van der Waals surface area contributed by atoms with Crippen molar-refractivity contribution in [2.24, 2.45) is 39.4 Å². The van der Waals surface area contributed by atoms with Crippen LogP contribution in [0.25, 0.3) is 0 Å². The highest BCUT2D eigenvalue weighted by Crippen LogP contribution is 2.75. The Morgan fingerprint density at radius 2 is 1.89 bits per heavy atom. The van der Waals surface area contributed by atoms with Crippen molar-refractivity contribution >= 4 is 29.0 Å². The Labute approximate surface area is 228 Å². The average molecular weight is 527 g/mol. The number of carbonyl (C=O) groups excluding carboxylic acids is 1. The maximum Gasteiger partial charge on any atom is 0.312 e. The highest BCUT2D eigenvalue weighted by atomic mass is 32.1. The summed E-state index contributed by atoms with van der Waals surface area (Å²) in [5.41, 5.74) is 2.03. The number of hydrogen-bond donors (Lipinski definition) is 3. The molecule has 204 valence electrons. The van der Waals surface area contributed by atoms with Crippen LogP contribution in [0.4, 0.5) is 5.69 Å². The van der Waals surface area contributed by atoms with Crippen molar-refractivity contribution in [3.8, 4) is 0 Å². The number of aliphatic hydroxyl groups excluding tert-OH is 1. The first-order valence-electron chi connectivity index (χ1n) is 14.4. The van der Waals surface area contributed by atoms with Gasteiger partial charge in [-0.05, 0) is 124 Å². The summed E-state index contributed by atoms with van der Waals surface area (Å²) in [6, 6.07) is 8.40. The first kappa shape index (κ1) is 26.9. The van der Waals surface area contributed by atoms with Crippen LogP contribution in [0.3, 0.4) is 0 Å². The second kappa shape index (κ2) is 9.51. The summed E-state index contributed by atoms with van der Waals surface area (Å²) in [5.74, 6) is 0.988. The molecule has 4 saturated carbocycles. The van der Waals surface area contributed by atoms with Gasteiger partial charge in [-0.15, -0.1) is 0 Å². The van der Waals surface area contributed by atoms with Gasteiger partial charge in [-0.2, -0.15) is 0 Å². The van der Waals surface area contributed by atoms with E-state index in [4.69, 9.17) is 17.0 Å². The summed E-state index contributed by atoms with van der Waals surface area (Å²) in [4.78, 5) is 13.3. The van der Waals surface area contributed by atoms with Gasteiger partial charge in [0, 0.05) is 24.3 Å². The molecule has 0 aromatic heterocycles. The average Bonchev–Trinajstić information content (AvgIpc) is 3.00. The fraction of sp³-hybridized carbons (Fsp3) is 0.742. The van der Waals surface area contributed by atoms with E-state index in [1.165, 1.54) is 12.0 Å². The van der Waals surface area contributed by atoms with Crippen molar-refractivity contribution in [3.05, 3.63) is 29.8 Å². The molecule has 0 heterocycles. The van der Waals surface area contributed by atoms with Crippen LogP contribution in [-0.2, 0) is 9.53 Å². The smallest absolute Gasteiger partial charge is 0.312 e. The number of carbonyl (C=O) groups is 1. The fourth-order valence-corrected chi connectivity index (χ4v) is 10.4. The third-order valence-electron chi connectivity index (χ3n) is 11.5. The number of nitrogens with one attached hydrogen (secondary N) is 2. The lowest BCUT2D eigenvalue weighted by Gasteiger charge is -2.65. The minimum Gasteiger partial charge on any atom is -0.466 e. The number of esters is 1. The van der Waals surface area contributed by atoms with Crippen molar-refractivity contribution < 1.29 is 14.6 Å². The minimum atomic E-state index is -0.407. The molecule has 1 aromatic rings. The lowest BCUT2D eigenvalue weighted by molar-refractivity contribution is -0.193. The van der Waals surface area contributed by atoms with Crippen molar-refractivity contribution in [2.45, 2.75) is 92.0 Å². The second-order valence-corrected chi connectivity index (χ2v) is 13.9. The normalized spacial score (nSPS) is 42.3. The van der Waals surface area contributed by atoms with E-state index in [0.717, 1.165) is 50.6 Å². The molecule has 6 heteroatoms. The molecule has 1 spiro atoms. The number of rotatable bonds is 5. The molecule has 0 unspecified atom stereocenters. The van der Waals surface area contributed by atoms with E-state index in [1.807, 2.05) is 19.1 Å². The lowest BCUT2D eigenvalue weighted by Crippen LogP contribution is -2.60. The zero-order valence-electron chi connectivity index (χ0n) is 23.4. The molecule has 0 amide bonds. The van der Waals surface area contributed by atoms with E-state index in [9.17, 15) is 9.90 Å². The Hall–Kier alpha value is -1.66. The highest BCUT2D eigenvalue weighted by Gasteiger charge is 2.71. The minimum absolute atomic E-state index is 0.000215. The molecule has 4 fully saturated rings. The zero-order chi connectivity index (χ0) is 26.6. The summed E-state index contributed by atoms with van der Waals surface area (Å²) in [6.07, 6.45) is 8.68. The maximum atomic E-state index is 13.3. The van der Waals surface area contributed by atoms with E-state index in [2.05, 4.69) is 50.5 Å². The topological polar surface area (TPSA) is 70.6 Å². The zero-order valence-corrected chi connectivity index (χ0v) is 24.2. The number of fused-ring (bicyclic) bond motifs is 3. The van der Waals surface area contributed by atoms with E-state index >= 15 is 0 Å². The van der Waals surface area contributed by atoms with Crippen LogP contribution in [-0.4, -0.2) is 35.4 Å². The van der Waals surface area contributed by atoms with Crippen LogP contribution in [0.15, 0.2) is 24.3 Å². The monoisotopic (exact) mass is 526 g/mol. The van der Waals surface area contributed by atoms with Crippen molar-refractivity contribution in [3.63, 3.8) is 0 Å². The van der Waals surface area contributed by atoms with Gasteiger partial charge in [-0.3, -0.25) is 4.79 Å². The third-order valence-corrected chi connectivity index (χ3v) is 11.7. The molecule has 2 bridgehead atoms. The molecule has 5 rings (SSSR count). The Bertz CT molecular complexity index is 1060. The molecule has 1 aromatic carbocycles. The number of benzene rings is 1. The van der Waals surface area contributed by atoms with Gasteiger partial charge in [0.1, 0.15) is 0 Å². The number of hydrogen-bond acceptors (Lipinski definition) is 4. The molecule has 0 radical (unpaired) electrons. The summed E-state index contributed by atoms with van der Waals surface area (Å²) in [6.45, 7) is 11.7. The van der Waals surface area contributed by atoms with Gasteiger partial charge in [-0.1, -0.05) is 32.4 Å². The molecular formula is C31H46N2O3S. The first-order valence-corrected chi connectivity index (χ1v) is 14.9. The van der Waals surface area contributed by atoms with Crippen molar-refractivity contribution in [1.82, 2.24) is 5.32 Å². The molecule has 3 N–H and O–H groups in total. The molecule has 8 atom stereocenters. The predicted octanol–water partition coefficient (Wildman–Crippen LogP) is 6.23. The van der Waals surface area contributed by atoms with Crippen molar-refractivity contribution in [2.75, 3.05) is 18.5 Å². The summed E-state index contributed by atoms with van der Waals surface area (Å²) in [7, 11) is 0. The first-order chi connectivity index (χ1) is 17.5. The van der Waals surface area contributed by atoms with Crippen LogP contribution >= 0.6 is 12.2 Å². The van der Waals surface area contributed by atoms with Crippen LogP contribution in [0, 0.1) is 46.3 Å². The van der Waals surface area contributed by atoms with Gasteiger partial charge >= 0.3 is 5.97 Å². The SMILES string of the molecule is CCOC(=O)[C@]1(C)CCC[C@@]2(C)[C@@H]3CC[C@@]4(C)C[C@]3(CC[C@@H]21)[C@H](CO)[C@H]4NC(=S)Nc1cccc(C)c1. The van der Waals surface area contributed by atoms with Gasteiger partial charge in [0.05, 0.1) is 12.0 Å². The second-order valence-electron chi connectivity index (χ2n) is 13.5. The predicted molar refractivity (Wildman–Crippen MR) is 152 cm³/mol. The quantitative estimate of drug-likeness (QED) is 0.312. The van der Waals surface area contributed by atoms with E-state index in [1.54, 1.807) is 0 Å². The number of aliphatic hydroxyl groups is 1. The molecule has 5 nitrogen and oxygen atoms in total. The molecule has 0 aliphatic heterocycles. The van der Waals surface area contributed by atoms with Crippen LogP contribution in [0.2, 0.25) is 0 Å². The Morgan fingerprint density at radius 1 is 1.14 bits per heavy atom. The maximum absolute atomic E-state index is 13.3. The molecule has 0 saturated heterocycles. The molecular weight excluding hydrogens is 480 g/mol. The summed E-state index contributed by atoms with van der Waals surface area (Å²) < 4.78 is 5.64. The summed E-state index contributed by atoms with van der Waals surface area (Å²) >= 11 is 5.81. The Morgan fingerprint density at radius 3 is 2.59 bits per heavy atom. The van der Waals surface area contributed by atoms with E-state index in [-0.39, 0.29) is 40.8 Å². The van der Waals surface area contributed by atoms with Gasteiger partial charge in [0.15, 0.2) is 5.11 Å². The van der Waals surface area contributed by atoms with Gasteiger partial charge < -0.3 is 20.5 Å². The van der Waals surface area contributed by atoms with E-state index in [0.29, 0.717) is 23.6 Å². The molecule has 37 heavy (non-hydrogen) atoms. The standard InChI is InChI=1S/C31H46N2O3S/c1-6-36-26(35)30(5)14-8-13-29(4)23(30)12-16-31-19-28(3,15-11-24(29)31)25(22(31)18-34)33-27(37)32-21-10-7-9-20(2)17-21/h7,9-10,17,22-25,34H,6,8,11-16,18-19H2,1-5H3,(H2,32,33,37)/t22-,23+,24+,25-,28+,29-,30-,31-/m1/s1.